The molecule has 0 amide bonds. The van der Waals surface area contributed by atoms with Crippen LogP contribution in [0.3, 0.4) is 0 Å². The van der Waals surface area contributed by atoms with Crippen molar-refractivity contribution in [2.75, 3.05) is 0 Å². The van der Waals surface area contributed by atoms with Gasteiger partial charge in [-0.1, -0.05) is 0 Å². The van der Waals surface area contributed by atoms with Crippen LogP contribution in [0, 0.1) is 19.7 Å². The molecule has 0 aliphatic carbocycles. The van der Waals surface area contributed by atoms with Crippen LogP contribution in [-0.2, 0) is 5.60 Å². The van der Waals surface area contributed by atoms with Crippen LogP contribution in [0.1, 0.15) is 30.0 Å². The summed E-state index contributed by atoms with van der Waals surface area (Å²) in [6.45, 7) is 7.10. The first kappa shape index (κ1) is 13.2. The molecule has 1 N–H and O–H groups in total. The molecular formula is C14H16FNOS. The summed E-state index contributed by atoms with van der Waals surface area (Å²) in [5.41, 5.74) is 1.42. The molecule has 2 aromatic rings. The number of benzene rings is 1. The highest BCUT2D eigenvalue weighted by molar-refractivity contribution is 7.15. The normalized spacial score (nSPS) is 11.9. The van der Waals surface area contributed by atoms with Gasteiger partial charge < -0.3 is 5.11 Å². The Bertz CT molecular complexity index is 584. The molecule has 1 aromatic carbocycles. The molecule has 0 atom stereocenters. The SMILES string of the molecule is Cc1cc(-c2nc(C)c(C(C)(C)O)s2)ccc1F. The molecule has 0 fully saturated rings. The summed E-state index contributed by atoms with van der Waals surface area (Å²) >= 11 is 1.45. The lowest BCUT2D eigenvalue weighted by molar-refractivity contribution is 0.0817. The Balaban J connectivity index is 2.49. The first-order valence-corrected chi connectivity index (χ1v) is 6.57. The number of hydrogen-bond donors (Lipinski definition) is 1. The lowest BCUT2D eigenvalue weighted by Gasteiger charge is -2.14. The van der Waals surface area contributed by atoms with Crippen LogP contribution < -0.4 is 0 Å². The highest BCUT2D eigenvalue weighted by Crippen LogP contribution is 2.34. The van der Waals surface area contributed by atoms with Crippen molar-refractivity contribution in [3.8, 4) is 10.6 Å². The summed E-state index contributed by atoms with van der Waals surface area (Å²) in [7, 11) is 0. The fourth-order valence-electron chi connectivity index (χ4n) is 1.87. The van der Waals surface area contributed by atoms with E-state index in [-0.39, 0.29) is 5.82 Å². The van der Waals surface area contributed by atoms with Gasteiger partial charge in [-0.15, -0.1) is 11.3 Å². The van der Waals surface area contributed by atoms with Gasteiger partial charge in [0, 0.05) is 5.56 Å². The van der Waals surface area contributed by atoms with Gasteiger partial charge in [-0.25, -0.2) is 9.37 Å². The van der Waals surface area contributed by atoms with E-state index >= 15 is 0 Å². The highest BCUT2D eigenvalue weighted by Gasteiger charge is 2.23. The summed E-state index contributed by atoms with van der Waals surface area (Å²) in [4.78, 5) is 5.30. The fourth-order valence-corrected chi connectivity index (χ4v) is 2.93. The van der Waals surface area contributed by atoms with E-state index in [4.69, 9.17) is 0 Å². The maximum atomic E-state index is 13.2. The maximum Gasteiger partial charge on any atom is 0.126 e. The highest BCUT2D eigenvalue weighted by atomic mass is 32.1. The maximum absolute atomic E-state index is 13.2. The number of rotatable bonds is 2. The van der Waals surface area contributed by atoms with Gasteiger partial charge >= 0.3 is 0 Å². The van der Waals surface area contributed by atoms with Crippen molar-refractivity contribution in [2.45, 2.75) is 33.3 Å². The Kier molecular flexibility index (Phi) is 3.25. The quantitative estimate of drug-likeness (QED) is 0.896. The molecule has 18 heavy (non-hydrogen) atoms. The van der Waals surface area contributed by atoms with E-state index in [9.17, 15) is 9.50 Å². The summed E-state index contributed by atoms with van der Waals surface area (Å²) in [5, 5.41) is 10.9. The molecule has 0 saturated heterocycles. The lowest BCUT2D eigenvalue weighted by atomic mass is 10.1. The topological polar surface area (TPSA) is 33.1 Å². The van der Waals surface area contributed by atoms with Gasteiger partial charge in [0.05, 0.1) is 16.2 Å². The second-order valence-electron chi connectivity index (χ2n) is 4.96. The molecule has 0 saturated carbocycles. The third-order valence-corrected chi connectivity index (χ3v) is 4.28. The molecule has 0 unspecified atom stereocenters. The minimum Gasteiger partial charge on any atom is -0.385 e. The van der Waals surface area contributed by atoms with E-state index in [2.05, 4.69) is 4.98 Å². The van der Waals surface area contributed by atoms with Crippen LogP contribution in [0.25, 0.3) is 10.6 Å². The number of halogens is 1. The molecular weight excluding hydrogens is 249 g/mol. The van der Waals surface area contributed by atoms with Crippen LogP contribution in [-0.4, -0.2) is 10.1 Å². The average molecular weight is 265 g/mol. The zero-order valence-electron chi connectivity index (χ0n) is 10.9. The van der Waals surface area contributed by atoms with Crippen LogP contribution in [0.15, 0.2) is 18.2 Å². The van der Waals surface area contributed by atoms with Crippen LogP contribution in [0.5, 0.6) is 0 Å². The number of nitrogens with zero attached hydrogens (tertiary/aromatic N) is 1. The molecule has 1 aromatic heterocycles. The second-order valence-corrected chi connectivity index (χ2v) is 5.96. The van der Waals surface area contributed by atoms with Crippen molar-refractivity contribution in [2.24, 2.45) is 0 Å². The number of hydrogen-bond acceptors (Lipinski definition) is 3. The summed E-state index contributed by atoms with van der Waals surface area (Å²) in [6, 6.07) is 4.95. The molecule has 2 rings (SSSR count). The standard InChI is InChI=1S/C14H16FNOS/c1-8-7-10(5-6-11(8)15)13-16-9(2)12(18-13)14(3,4)17/h5-7,17H,1-4H3. The Labute approximate surface area is 110 Å². The molecule has 0 bridgehead atoms. The van der Waals surface area contributed by atoms with E-state index in [0.29, 0.717) is 5.56 Å². The predicted octanol–water partition coefficient (Wildman–Crippen LogP) is 3.79. The van der Waals surface area contributed by atoms with E-state index in [1.165, 1.54) is 17.4 Å². The van der Waals surface area contributed by atoms with E-state index in [1.807, 2.05) is 6.92 Å². The van der Waals surface area contributed by atoms with Gasteiger partial charge in [-0.2, -0.15) is 0 Å². The summed E-state index contributed by atoms with van der Waals surface area (Å²) in [5.74, 6) is -0.213. The van der Waals surface area contributed by atoms with Crippen LogP contribution in [0.4, 0.5) is 4.39 Å². The van der Waals surface area contributed by atoms with Crippen LogP contribution in [0.2, 0.25) is 0 Å². The number of aryl methyl sites for hydroxylation is 2. The van der Waals surface area contributed by atoms with Crippen molar-refractivity contribution < 1.29 is 9.50 Å². The van der Waals surface area contributed by atoms with Gasteiger partial charge in [-0.05, 0) is 51.5 Å². The van der Waals surface area contributed by atoms with Gasteiger partial charge in [0.2, 0.25) is 0 Å². The summed E-state index contributed by atoms with van der Waals surface area (Å²) in [6.07, 6.45) is 0. The Morgan fingerprint density at radius 1 is 1.28 bits per heavy atom. The predicted molar refractivity (Wildman–Crippen MR) is 72.2 cm³/mol. The monoisotopic (exact) mass is 265 g/mol. The lowest BCUT2D eigenvalue weighted by Crippen LogP contribution is -2.14. The molecule has 1 heterocycles. The Morgan fingerprint density at radius 2 is 1.94 bits per heavy atom. The molecule has 0 spiro atoms. The van der Waals surface area contributed by atoms with E-state index in [0.717, 1.165) is 21.1 Å². The number of thiazole rings is 1. The first-order valence-electron chi connectivity index (χ1n) is 5.76. The van der Waals surface area contributed by atoms with E-state index < -0.39 is 5.60 Å². The van der Waals surface area contributed by atoms with Gasteiger partial charge in [-0.3, -0.25) is 0 Å². The molecule has 2 nitrogen and oxygen atoms in total. The molecule has 0 radical (unpaired) electrons. The average Bonchev–Trinajstić information content (AvgIpc) is 2.64. The zero-order valence-corrected chi connectivity index (χ0v) is 11.7. The number of aromatic nitrogens is 1. The van der Waals surface area contributed by atoms with Gasteiger partial charge in [0.25, 0.3) is 0 Å². The molecule has 96 valence electrons. The second kappa shape index (κ2) is 4.44. The molecule has 0 aliphatic heterocycles. The zero-order chi connectivity index (χ0) is 13.5. The van der Waals surface area contributed by atoms with Crippen molar-refractivity contribution in [1.82, 2.24) is 4.98 Å². The van der Waals surface area contributed by atoms with Crippen molar-refractivity contribution in [1.29, 1.82) is 0 Å². The van der Waals surface area contributed by atoms with E-state index in [1.54, 1.807) is 32.9 Å². The summed E-state index contributed by atoms with van der Waals surface area (Å²) < 4.78 is 13.2. The number of aliphatic hydroxyl groups is 1. The minimum absolute atomic E-state index is 0.213. The van der Waals surface area contributed by atoms with Crippen molar-refractivity contribution >= 4 is 11.3 Å². The van der Waals surface area contributed by atoms with Gasteiger partial charge in [0.1, 0.15) is 10.8 Å². The Hall–Kier alpha value is -1.26. The molecule has 4 heteroatoms. The largest absolute Gasteiger partial charge is 0.385 e. The Morgan fingerprint density at radius 3 is 2.44 bits per heavy atom. The third kappa shape index (κ3) is 2.44. The molecule has 0 aliphatic rings. The first-order chi connectivity index (χ1) is 8.29. The fraction of sp³-hybridized carbons (Fsp3) is 0.357. The van der Waals surface area contributed by atoms with Crippen molar-refractivity contribution in [3.05, 3.63) is 40.2 Å². The third-order valence-electron chi connectivity index (χ3n) is 2.76. The van der Waals surface area contributed by atoms with Gasteiger partial charge in [0.15, 0.2) is 0 Å². The van der Waals surface area contributed by atoms with Crippen LogP contribution >= 0.6 is 11.3 Å². The van der Waals surface area contributed by atoms with Crippen molar-refractivity contribution in [3.63, 3.8) is 0 Å². The minimum atomic E-state index is -0.894. The smallest absolute Gasteiger partial charge is 0.126 e.